The van der Waals surface area contributed by atoms with E-state index in [0.29, 0.717) is 0 Å². The first-order chi connectivity index (χ1) is 5.76. The van der Waals surface area contributed by atoms with Gasteiger partial charge in [0.1, 0.15) is 0 Å². The summed E-state index contributed by atoms with van der Waals surface area (Å²) >= 11 is 0. The minimum absolute atomic E-state index is 0.00486. The molecule has 72 valence electrons. The van der Waals surface area contributed by atoms with Crippen LogP contribution in [0.3, 0.4) is 0 Å². The Hall–Kier alpha value is -0.0800. The first-order valence-electron chi connectivity index (χ1n) is 4.97. The van der Waals surface area contributed by atoms with Gasteiger partial charge in [0.05, 0.1) is 5.60 Å². The molecule has 0 heterocycles. The predicted octanol–water partition coefficient (Wildman–Crippen LogP) is 2.72. The summed E-state index contributed by atoms with van der Waals surface area (Å²) in [6, 6.07) is 0. The third-order valence-corrected chi connectivity index (χ3v) is 2.89. The van der Waals surface area contributed by atoms with Crippen molar-refractivity contribution in [1.82, 2.24) is 0 Å². The summed E-state index contributed by atoms with van der Waals surface area (Å²) in [6.07, 6.45) is 5.80. The van der Waals surface area contributed by atoms with Crippen molar-refractivity contribution in [2.75, 3.05) is 7.11 Å². The second-order valence-electron chi connectivity index (χ2n) is 3.58. The van der Waals surface area contributed by atoms with Crippen LogP contribution < -0.4 is 0 Å². The minimum atomic E-state index is 0.00486. The molecule has 1 saturated carbocycles. The Kier molecular flexibility index (Phi) is 3.53. The number of ether oxygens (including phenoxy) is 2. The molecule has 1 unspecified atom stereocenters. The Labute approximate surface area is 75.2 Å². The number of hydrogen-bond donors (Lipinski definition) is 0. The molecule has 0 N–H and O–H groups in total. The van der Waals surface area contributed by atoms with Gasteiger partial charge in [0, 0.05) is 7.11 Å². The lowest BCUT2D eigenvalue weighted by Crippen LogP contribution is -2.42. The molecular weight excluding hydrogens is 152 g/mol. The smallest absolute Gasteiger partial charge is 0.157 e. The van der Waals surface area contributed by atoms with Crippen LogP contribution in [0.5, 0.6) is 0 Å². The summed E-state index contributed by atoms with van der Waals surface area (Å²) in [5, 5.41) is 0. The molecule has 0 aliphatic heterocycles. The summed E-state index contributed by atoms with van der Waals surface area (Å²) in [4.78, 5) is 0. The largest absolute Gasteiger partial charge is 0.356 e. The SMILES string of the molecule is CCC(OC)OC1(CC)CCC1. The quantitative estimate of drug-likeness (QED) is 0.594. The van der Waals surface area contributed by atoms with Crippen LogP contribution in [0.1, 0.15) is 46.0 Å². The zero-order valence-electron chi connectivity index (χ0n) is 8.43. The van der Waals surface area contributed by atoms with Crippen molar-refractivity contribution in [3.63, 3.8) is 0 Å². The standard InChI is InChI=1S/C10H20O2/c1-4-9(11-3)12-10(5-2)7-6-8-10/h9H,4-8H2,1-3H3. The molecular formula is C10H20O2. The van der Waals surface area contributed by atoms with E-state index in [0.717, 1.165) is 12.8 Å². The Morgan fingerprint density at radius 3 is 2.25 bits per heavy atom. The lowest BCUT2D eigenvalue weighted by Gasteiger charge is -2.42. The van der Waals surface area contributed by atoms with Gasteiger partial charge in [-0.05, 0) is 32.1 Å². The van der Waals surface area contributed by atoms with Crippen LogP contribution in [-0.4, -0.2) is 19.0 Å². The van der Waals surface area contributed by atoms with Gasteiger partial charge >= 0.3 is 0 Å². The lowest BCUT2D eigenvalue weighted by molar-refractivity contribution is -0.226. The number of methoxy groups -OCH3 is 1. The second-order valence-corrected chi connectivity index (χ2v) is 3.58. The highest BCUT2D eigenvalue weighted by Crippen LogP contribution is 2.39. The Morgan fingerprint density at radius 1 is 1.33 bits per heavy atom. The molecule has 0 aromatic rings. The van der Waals surface area contributed by atoms with Crippen molar-refractivity contribution in [2.24, 2.45) is 0 Å². The molecule has 2 nitrogen and oxygen atoms in total. The summed E-state index contributed by atoms with van der Waals surface area (Å²) in [7, 11) is 1.72. The first kappa shape index (κ1) is 10.0. The summed E-state index contributed by atoms with van der Waals surface area (Å²) in [5.41, 5.74) is 0.163. The van der Waals surface area contributed by atoms with E-state index in [9.17, 15) is 0 Å². The average Bonchev–Trinajstić information content (AvgIpc) is 2.05. The molecule has 0 aromatic carbocycles. The van der Waals surface area contributed by atoms with Crippen LogP contribution in [0, 0.1) is 0 Å². The lowest BCUT2D eigenvalue weighted by atomic mass is 9.78. The van der Waals surface area contributed by atoms with Crippen LogP contribution in [0.2, 0.25) is 0 Å². The van der Waals surface area contributed by atoms with E-state index in [4.69, 9.17) is 9.47 Å². The van der Waals surface area contributed by atoms with Crippen molar-refractivity contribution in [3.05, 3.63) is 0 Å². The Balaban J connectivity index is 2.35. The average molecular weight is 172 g/mol. The first-order valence-corrected chi connectivity index (χ1v) is 4.97. The predicted molar refractivity (Wildman–Crippen MR) is 49.0 cm³/mol. The van der Waals surface area contributed by atoms with Crippen molar-refractivity contribution in [1.29, 1.82) is 0 Å². The van der Waals surface area contributed by atoms with Crippen LogP contribution in [0.4, 0.5) is 0 Å². The van der Waals surface area contributed by atoms with Crippen LogP contribution in [0.25, 0.3) is 0 Å². The zero-order chi connectivity index (χ0) is 9.03. The van der Waals surface area contributed by atoms with E-state index in [-0.39, 0.29) is 11.9 Å². The van der Waals surface area contributed by atoms with Gasteiger partial charge in [-0.15, -0.1) is 0 Å². The maximum Gasteiger partial charge on any atom is 0.157 e. The third-order valence-electron chi connectivity index (χ3n) is 2.89. The van der Waals surface area contributed by atoms with E-state index in [1.165, 1.54) is 19.3 Å². The van der Waals surface area contributed by atoms with E-state index in [1.807, 2.05) is 0 Å². The monoisotopic (exact) mass is 172 g/mol. The number of rotatable bonds is 5. The molecule has 0 amide bonds. The molecule has 1 aliphatic rings. The molecule has 1 fully saturated rings. The molecule has 0 saturated heterocycles. The zero-order valence-corrected chi connectivity index (χ0v) is 8.43. The Morgan fingerprint density at radius 2 is 2.00 bits per heavy atom. The van der Waals surface area contributed by atoms with Crippen LogP contribution in [-0.2, 0) is 9.47 Å². The number of hydrogen-bond acceptors (Lipinski definition) is 2. The maximum absolute atomic E-state index is 5.90. The van der Waals surface area contributed by atoms with Crippen molar-refractivity contribution in [3.8, 4) is 0 Å². The van der Waals surface area contributed by atoms with Gasteiger partial charge in [-0.1, -0.05) is 13.8 Å². The minimum Gasteiger partial charge on any atom is -0.356 e. The highest BCUT2D eigenvalue weighted by Gasteiger charge is 2.38. The van der Waals surface area contributed by atoms with Crippen molar-refractivity contribution < 1.29 is 9.47 Å². The van der Waals surface area contributed by atoms with Gasteiger partial charge in [0.25, 0.3) is 0 Å². The van der Waals surface area contributed by atoms with Gasteiger partial charge in [-0.3, -0.25) is 0 Å². The highest BCUT2D eigenvalue weighted by atomic mass is 16.7. The molecule has 1 rings (SSSR count). The molecule has 0 bridgehead atoms. The fourth-order valence-corrected chi connectivity index (χ4v) is 1.70. The molecule has 0 aromatic heterocycles. The van der Waals surface area contributed by atoms with Gasteiger partial charge < -0.3 is 9.47 Å². The molecule has 12 heavy (non-hydrogen) atoms. The fourth-order valence-electron chi connectivity index (χ4n) is 1.70. The highest BCUT2D eigenvalue weighted by molar-refractivity contribution is 4.88. The summed E-state index contributed by atoms with van der Waals surface area (Å²) in [5.74, 6) is 0. The molecule has 0 radical (unpaired) electrons. The summed E-state index contributed by atoms with van der Waals surface area (Å²) in [6.45, 7) is 4.29. The second kappa shape index (κ2) is 4.24. The van der Waals surface area contributed by atoms with E-state index in [1.54, 1.807) is 7.11 Å². The maximum atomic E-state index is 5.90. The van der Waals surface area contributed by atoms with Gasteiger partial charge in [-0.2, -0.15) is 0 Å². The van der Waals surface area contributed by atoms with E-state index >= 15 is 0 Å². The van der Waals surface area contributed by atoms with Gasteiger partial charge in [-0.25, -0.2) is 0 Å². The summed E-state index contributed by atoms with van der Waals surface area (Å²) < 4.78 is 11.1. The van der Waals surface area contributed by atoms with E-state index < -0.39 is 0 Å². The molecule has 0 spiro atoms. The van der Waals surface area contributed by atoms with E-state index in [2.05, 4.69) is 13.8 Å². The Bertz CT molecular complexity index is 120. The normalized spacial score (nSPS) is 23.2. The van der Waals surface area contributed by atoms with Crippen molar-refractivity contribution in [2.45, 2.75) is 57.8 Å². The fraction of sp³-hybridized carbons (Fsp3) is 1.00. The third kappa shape index (κ3) is 1.99. The van der Waals surface area contributed by atoms with Gasteiger partial charge in [0.2, 0.25) is 0 Å². The van der Waals surface area contributed by atoms with Crippen LogP contribution >= 0.6 is 0 Å². The molecule has 1 aliphatic carbocycles. The van der Waals surface area contributed by atoms with Gasteiger partial charge in [0.15, 0.2) is 6.29 Å². The molecule has 1 atom stereocenters. The van der Waals surface area contributed by atoms with Crippen LogP contribution in [0.15, 0.2) is 0 Å². The topological polar surface area (TPSA) is 18.5 Å². The van der Waals surface area contributed by atoms with Crippen molar-refractivity contribution >= 4 is 0 Å². The molecule has 2 heteroatoms.